The summed E-state index contributed by atoms with van der Waals surface area (Å²) in [6.07, 6.45) is 6.08. The molecule has 0 spiro atoms. The lowest BCUT2D eigenvalue weighted by Crippen LogP contribution is -2.40. The average molecular weight is 510 g/mol. The first-order valence-electron chi connectivity index (χ1n) is 11.4. The average Bonchev–Trinajstić information content (AvgIpc) is 3.58. The van der Waals surface area contributed by atoms with Crippen molar-refractivity contribution in [3.8, 4) is 10.6 Å². The van der Waals surface area contributed by atoms with Crippen LogP contribution in [-0.4, -0.2) is 44.3 Å². The van der Waals surface area contributed by atoms with Crippen molar-refractivity contribution >= 4 is 51.7 Å². The van der Waals surface area contributed by atoms with Crippen LogP contribution in [-0.2, 0) is 4.79 Å². The Morgan fingerprint density at radius 2 is 2.17 bits per heavy atom. The molecule has 0 bridgehead atoms. The van der Waals surface area contributed by atoms with E-state index in [4.69, 9.17) is 16.0 Å². The fraction of sp³-hybridized carbons (Fsp3) is 0.280. The van der Waals surface area contributed by atoms with Gasteiger partial charge >= 0.3 is 0 Å². The summed E-state index contributed by atoms with van der Waals surface area (Å²) >= 11 is 7.76. The third-order valence-electron chi connectivity index (χ3n) is 6.32. The van der Waals surface area contributed by atoms with Crippen LogP contribution >= 0.6 is 22.9 Å². The van der Waals surface area contributed by atoms with Crippen molar-refractivity contribution in [3.63, 3.8) is 0 Å². The number of imidazole rings is 1. The van der Waals surface area contributed by atoms with Gasteiger partial charge in [-0.3, -0.25) is 14.9 Å². The largest absolute Gasteiger partial charge is 0.443 e. The fourth-order valence-corrected chi connectivity index (χ4v) is 5.58. The van der Waals surface area contributed by atoms with E-state index < -0.39 is 0 Å². The van der Waals surface area contributed by atoms with Crippen molar-refractivity contribution in [1.82, 2.24) is 19.4 Å². The Hall–Kier alpha value is -3.43. The van der Waals surface area contributed by atoms with Crippen LogP contribution in [0.5, 0.6) is 0 Å². The minimum absolute atomic E-state index is 0.0515. The van der Waals surface area contributed by atoms with Gasteiger partial charge in [0.05, 0.1) is 26.5 Å². The van der Waals surface area contributed by atoms with Gasteiger partial charge in [-0.15, -0.1) is 11.3 Å². The number of nitrogens with zero attached hydrogens (tertiary/aromatic N) is 4. The quantitative estimate of drug-likeness (QED) is 0.310. The van der Waals surface area contributed by atoms with Crippen LogP contribution in [0.1, 0.15) is 35.5 Å². The maximum Gasteiger partial charge on any atom is 0.268 e. The Morgan fingerprint density at radius 1 is 1.34 bits per heavy atom. The van der Waals surface area contributed by atoms with Gasteiger partial charge in [-0.05, 0) is 56.0 Å². The molecule has 3 heterocycles. The SMILES string of the molecule is C=CC(=O)N(CC)CC1CC(n2c(NC(=O)c3ccc(-c4cnco4)s3)nc3c(Cl)cccc32)C1. The van der Waals surface area contributed by atoms with E-state index in [1.54, 1.807) is 18.3 Å². The Balaban J connectivity index is 1.38. The Bertz CT molecular complexity index is 1390. The van der Waals surface area contributed by atoms with Gasteiger partial charge < -0.3 is 13.9 Å². The number of rotatable bonds is 8. The second-order valence-corrected chi connectivity index (χ2v) is 9.96. The third-order valence-corrected chi connectivity index (χ3v) is 7.73. The topological polar surface area (TPSA) is 93.3 Å². The second-order valence-electron chi connectivity index (χ2n) is 8.47. The molecule has 1 N–H and O–H groups in total. The molecule has 2 amide bonds. The zero-order chi connectivity index (χ0) is 24.5. The van der Waals surface area contributed by atoms with E-state index in [0.29, 0.717) is 46.1 Å². The first-order chi connectivity index (χ1) is 17.0. The molecule has 0 aliphatic heterocycles. The smallest absolute Gasteiger partial charge is 0.268 e. The summed E-state index contributed by atoms with van der Waals surface area (Å²) in [6.45, 7) is 6.90. The number of aromatic nitrogens is 3. The third kappa shape index (κ3) is 4.49. The molecule has 5 rings (SSSR count). The van der Waals surface area contributed by atoms with Crippen LogP contribution in [0.4, 0.5) is 5.95 Å². The summed E-state index contributed by atoms with van der Waals surface area (Å²) in [6, 6.07) is 9.37. The standard InChI is InChI=1S/C25H24ClN5O3S/c1-3-22(32)30(4-2)13-15-10-16(11-15)31-18-7-5-6-17(26)23(18)28-25(31)29-24(33)21-9-8-20(35-21)19-12-27-14-34-19/h3,5-9,12,14-16H,1,4,10-11,13H2,2H3,(H,28,29,33). The predicted molar refractivity (Wildman–Crippen MR) is 137 cm³/mol. The lowest BCUT2D eigenvalue weighted by molar-refractivity contribution is -0.127. The van der Waals surface area contributed by atoms with Gasteiger partial charge in [0.2, 0.25) is 11.9 Å². The molecular formula is C25H24ClN5O3S. The number of oxazole rings is 1. The van der Waals surface area contributed by atoms with E-state index in [1.807, 2.05) is 30.0 Å². The van der Waals surface area contributed by atoms with Gasteiger partial charge in [-0.2, -0.15) is 0 Å². The molecule has 1 aliphatic rings. The van der Waals surface area contributed by atoms with Crippen molar-refractivity contribution in [2.45, 2.75) is 25.8 Å². The van der Waals surface area contributed by atoms with E-state index in [-0.39, 0.29) is 17.9 Å². The van der Waals surface area contributed by atoms with Gasteiger partial charge in [-0.25, -0.2) is 9.97 Å². The lowest BCUT2D eigenvalue weighted by atomic mass is 9.79. The van der Waals surface area contributed by atoms with Crippen molar-refractivity contribution < 1.29 is 14.0 Å². The Kier molecular flexibility index (Phi) is 6.44. The fourth-order valence-electron chi connectivity index (χ4n) is 4.51. The van der Waals surface area contributed by atoms with Crippen molar-refractivity contribution in [2.75, 3.05) is 18.4 Å². The number of carbonyl (C=O) groups excluding carboxylic acids is 2. The number of hydrogen-bond acceptors (Lipinski definition) is 6. The first-order valence-corrected chi connectivity index (χ1v) is 12.6. The monoisotopic (exact) mass is 509 g/mol. The number of hydrogen-bond donors (Lipinski definition) is 1. The predicted octanol–water partition coefficient (Wildman–Crippen LogP) is 5.64. The number of halogens is 1. The minimum Gasteiger partial charge on any atom is -0.443 e. The summed E-state index contributed by atoms with van der Waals surface area (Å²) in [5.41, 5.74) is 1.53. The highest BCUT2D eigenvalue weighted by Crippen LogP contribution is 2.43. The summed E-state index contributed by atoms with van der Waals surface area (Å²) in [4.78, 5) is 36.9. The number of benzene rings is 1. The highest BCUT2D eigenvalue weighted by Gasteiger charge is 2.35. The molecule has 1 fully saturated rings. The number of amides is 2. The highest BCUT2D eigenvalue weighted by molar-refractivity contribution is 7.17. The summed E-state index contributed by atoms with van der Waals surface area (Å²) in [7, 11) is 0. The maximum atomic E-state index is 13.1. The number of carbonyl (C=O) groups is 2. The van der Waals surface area contributed by atoms with Crippen LogP contribution in [0.15, 0.2) is 60.0 Å². The van der Waals surface area contributed by atoms with Crippen LogP contribution in [0, 0.1) is 5.92 Å². The van der Waals surface area contributed by atoms with Crippen LogP contribution in [0.2, 0.25) is 5.02 Å². The molecule has 0 atom stereocenters. The molecule has 0 saturated heterocycles. The summed E-state index contributed by atoms with van der Waals surface area (Å²) in [5.74, 6) is 1.14. The van der Waals surface area contributed by atoms with E-state index in [9.17, 15) is 9.59 Å². The van der Waals surface area contributed by atoms with E-state index in [2.05, 4.69) is 26.4 Å². The van der Waals surface area contributed by atoms with Crippen molar-refractivity contribution in [3.05, 3.63) is 65.5 Å². The molecule has 10 heteroatoms. The van der Waals surface area contributed by atoms with Crippen LogP contribution in [0.3, 0.4) is 0 Å². The number of para-hydroxylation sites is 1. The number of fused-ring (bicyclic) bond motifs is 1. The molecule has 1 saturated carbocycles. The van der Waals surface area contributed by atoms with Crippen LogP contribution in [0.25, 0.3) is 21.7 Å². The molecular weight excluding hydrogens is 486 g/mol. The van der Waals surface area contributed by atoms with E-state index >= 15 is 0 Å². The van der Waals surface area contributed by atoms with Gasteiger partial charge in [0.15, 0.2) is 12.2 Å². The second kappa shape index (κ2) is 9.67. The molecule has 1 aliphatic carbocycles. The minimum atomic E-state index is -0.252. The number of likely N-dealkylation sites (N-methyl/N-ethyl adjacent to an activating group) is 1. The molecule has 35 heavy (non-hydrogen) atoms. The Morgan fingerprint density at radius 3 is 2.89 bits per heavy atom. The number of anilines is 1. The zero-order valence-corrected chi connectivity index (χ0v) is 20.7. The van der Waals surface area contributed by atoms with Gasteiger partial charge in [0.25, 0.3) is 5.91 Å². The van der Waals surface area contributed by atoms with Gasteiger partial charge in [0, 0.05) is 19.1 Å². The molecule has 8 nitrogen and oxygen atoms in total. The van der Waals surface area contributed by atoms with Gasteiger partial charge in [-0.1, -0.05) is 24.2 Å². The van der Waals surface area contributed by atoms with E-state index in [1.165, 1.54) is 23.8 Å². The van der Waals surface area contributed by atoms with Crippen molar-refractivity contribution in [1.29, 1.82) is 0 Å². The maximum absolute atomic E-state index is 13.1. The normalized spacial score (nSPS) is 17.2. The molecule has 0 unspecified atom stereocenters. The number of thiophene rings is 1. The number of nitrogens with one attached hydrogen (secondary N) is 1. The summed E-state index contributed by atoms with van der Waals surface area (Å²) in [5, 5.41) is 3.52. The highest BCUT2D eigenvalue weighted by atomic mass is 35.5. The zero-order valence-electron chi connectivity index (χ0n) is 19.1. The molecule has 0 radical (unpaired) electrons. The molecule has 4 aromatic rings. The Labute approximate surface area is 211 Å². The summed E-state index contributed by atoms with van der Waals surface area (Å²) < 4.78 is 7.39. The molecule has 1 aromatic carbocycles. The van der Waals surface area contributed by atoms with E-state index in [0.717, 1.165) is 23.2 Å². The molecule has 3 aromatic heterocycles. The van der Waals surface area contributed by atoms with Gasteiger partial charge in [0.1, 0.15) is 5.52 Å². The lowest BCUT2D eigenvalue weighted by Gasteiger charge is -2.39. The van der Waals surface area contributed by atoms with Crippen LogP contribution < -0.4 is 5.32 Å². The first kappa shape index (κ1) is 23.3. The molecule has 180 valence electrons. The van der Waals surface area contributed by atoms with Crippen molar-refractivity contribution in [2.24, 2.45) is 5.92 Å².